The maximum Gasteiger partial charge on any atom is 0.173 e. The number of dihydropyridines is 1. The Bertz CT molecular complexity index is 271. The zero-order chi connectivity index (χ0) is 9.84. The van der Waals surface area contributed by atoms with Crippen LogP contribution in [0.5, 0.6) is 0 Å². The number of ether oxygens (including phenoxy) is 1. The summed E-state index contributed by atoms with van der Waals surface area (Å²) in [6, 6.07) is 0. The number of allylic oxidation sites excluding steroid dienone is 3. The van der Waals surface area contributed by atoms with E-state index in [1.54, 1.807) is 13.2 Å². The minimum absolute atomic E-state index is 0.0445. The molecule has 0 aromatic rings. The zero-order valence-electron chi connectivity index (χ0n) is 7.63. The van der Waals surface area contributed by atoms with Crippen molar-refractivity contribution < 1.29 is 9.53 Å². The van der Waals surface area contributed by atoms with Crippen molar-refractivity contribution in [2.24, 2.45) is 0 Å². The van der Waals surface area contributed by atoms with Crippen LogP contribution in [0.1, 0.15) is 6.92 Å². The Kier molecular flexibility index (Phi) is 3.69. The molecule has 1 heterocycles. The number of alkyl halides is 1. The first-order valence-corrected chi connectivity index (χ1v) is 5.08. The van der Waals surface area contributed by atoms with Crippen LogP contribution < -0.4 is 5.32 Å². The summed E-state index contributed by atoms with van der Waals surface area (Å²) in [4.78, 5) is 11.4. The summed E-state index contributed by atoms with van der Waals surface area (Å²) in [5.41, 5.74) is 1.66. The smallest absolute Gasteiger partial charge is 0.173 e. The van der Waals surface area contributed by atoms with Crippen LogP contribution in [0, 0.1) is 0 Å². The van der Waals surface area contributed by atoms with Crippen LogP contribution in [0.2, 0.25) is 0 Å². The highest BCUT2D eigenvalue weighted by Crippen LogP contribution is 2.13. The van der Waals surface area contributed by atoms with Crippen LogP contribution in [0.4, 0.5) is 0 Å². The highest BCUT2D eigenvalue weighted by molar-refractivity contribution is 9.09. The monoisotopic (exact) mass is 245 g/mol. The molecule has 0 saturated carbocycles. The molecule has 13 heavy (non-hydrogen) atoms. The Labute approximate surface area is 86.0 Å². The Morgan fingerprint density at radius 3 is 2.92 bits per heavy atom. The second kappa shape index (κ2) is 4.58. The molecule has 1 N–H and O–H groups in total. The summed E-state index contributed by atoms with van der Waals surface area (Å²) in [7, 11) is 1.58. The summed E-state index contributed by atoms with van der Waals surface area (Å²) < 4.78 is 5.14. The minimum Gasteiger partial charge on any atom is -0.360 e. The van der Waals surface area contributed by atoms with E-state index < -0.39 is 0 Å². The van der Waals surface area contributed by atoms with E-state index in [-0.39, 0.29) is 12.0 Å². The normalized spacial score (nSPS) is 21.6. The van der Waals surface area contributed by atoms with E-state index in [0.717, 1.165) is 5.70 Å². The molecular formula is C9H12BrNO2. The number of halogens is 1. The van der Waals surface area contributed by atoms with Crippen molar-refractivity contribution in [2.45, 2.75) is 13.2 Å². The molecule has 1 aliphatic heterocycles. The van der Waals surface area contributed by atoms with Gasteiger partial charge in [0.15, 0.2) is 12.0 Å². The van der Waals surface area contributed by atoms with Crippen molar-refractivity contribution in [1.82, 2.24) is 5.32 Å². The summed E-state index contributed by atoms with van der Waals surface area (Å²) in [6.45, 7) is 1.93. The molecule has 72 valence electrons. The van der Waals surface area contributed by atoms with Crippen LogP contribution in [-0.2, 0) is 9.53 Å². The maximum absolute atomic E-state index is 11.4. The number of hydrogen-bond acceptors (Lipinski definition) is 3. The SMILES string of the molecule is COC1NC(C)=CC=C1C(=O)CBr. The lowest BCUT2D eigenvalue weighted by Gasteiger charge is -2.23. The summed E-state index contributed by atoms with van der Waals surface area (Å²) >= 11 is 3.13. The van der Waals surface area contributed by atoms with Crippen LogP contribution >= 0.6 is 15.9 Å². The fourth-order valence-corrected chi connectivity index (χ4v) is 1.46. The lowest BCUT2D eigenvalue weighted by atomic mass is 10.1. The van der Waals surface area contributed by atoms with Crippen molar-refractivity contribution in [2.75, 3.05) is 12.4 Å². The molecule has 0 fully saturated rings. The number of rotatable bonds is 3. The van der Waals surface area contributed by atoms with E-state index in [2.05, 4.69) is 21.2 Å². The van der Waals surface area contributed by atoms with Gasteiger partial charge in [-0.15, -0.1) is 0 Å². The number of ketones is 1. The fourth-order valence-electron chi connectivity index (χ4n) is 1.14. The third-order valence-corrected chi connectivity index (χ3v) is 2.34. The summed E-state index contributed by atoms with van der Waals surface area (Å²) in [6.07, 6.45) is 3.35. The van der Waals surface area contributed by atoms with Gasteiger partial charge in [0.05, 0.1) is 5.33 Å². The van der Waals surface area contributed by atoms with E-state index in [0.29, 0.717) is 10.9 Å². The van der Waals surface area contributed by atoms with E-state index in [1.165, 1.54) is 0 Å². The van der Waals surface area contributed by atoms with E-state index in [4.69, 9.17) is 4.74 Å². The molecule has 0 amide bonds. The fraction of sp³-hybridized carbons (Fsp3) is 0.444. The van der Waals surface area contributed by atoms with E-state index >= 15 is 0 Å². The number of carbonyl (C=O) groups is 1. The van der Waals surface area contributed by atoms with Crippen molar-refractivity contribution in [3.05, 3.63) is 23.4 Å². The van der Waals surface area contributed by atoms with Gasteiger partial charge >= 0.3 is 0 Å². The first kappa shape index (κ1) is 10.5. The van der Waals surface area contributed by atoms with Crippen LogP contribution in [0.15, 0.2) is 23.4 Å². The Morgan fingerprint density at radius 2 is 2.38 bits per heavy atom. The highest BCUT2D eigenvalue weighted by Gasteiger charge is 2.21. The van der Waals surface area contributed by atoms with Gasteiger partial charge in [-0.25, -0.2) is 0 Å². The first-order chi connectivity index (χ1) is 6.19. The Morgan fingerprint density at radius 1 is 1.69 bits per heavy atom. The van der Waals surface area contributed by atoms with Crippen molar-refractivity contribution in [1.29, 1.82) is 0 Å². The number of hydrogen-bond donors (Lipinski definition) is 1. The average Bonchev–Trinajstić information content (AvgIpc) is 2.16. The van der Waals surface area contributed by atoms with Crippen molar-refractivity contribution >= 4 is 21.7 Å². The number of carbonyl (C=O) groups excluding carboxylic acids is 1. The van der Waals surface area contributed by atoms with Crippen molar-refractivity contribution in [3.8, 4) is 0 Å². The van der Waals surface area contributed by atoms with Crippen LogP contribution in [-0.4, -0.2) is 24.5 Å². The average molecular weight is 246 g/mol. The predicted octanol–water partition coefficient (Wildman–Crippen LogP) is 1.36. The first-order valence-electron chi connectivity index (χ1n) is 3.96. The molecule has 3 nitrogen and oxygen atoms in total. The molecule has 1 aliphatic rings. The number of nitrogens with one attached hydrogen (secondary N) is 1. The second-order valence-electron chi connectivity index (χ2n) is 2.79. The molecule has 0 radical (unpaired) electrons. The molecule has 0 saturated heterocycles. The Balaban J connectivity index is 2.85. The second-order valence-corrected chi connectivity index (χ2v) is 3.35. The Hall–Kier alpha value is -0.610. The highest BCUT2D eigenvalue weighted by atomic mass is 79.9. The van der Waals surface area contributed by atoms with Gasteiger partial charge in [0, 0.05) is 18.4 Å². The maximum atomic E-state index is 11.4. The lowest BCUT2D eigenvalue weighted by Crippen LogP contribution is -2.36. The molecule has 1 atom stereocenters. The van der Waals surface area contributed by atoms with Gasteiger partial charge in [-0.1, -0.05) is 15.9 Å². The molecule has 0 bridgehead atoms. The molecule has 0 aliphatic carbocycles. The third-order valence-electron chi connectivity index (χ3n) is 1.83. The largest absolute Gasteiger partial charge is 0.360 e. The predicted molar refractivity (Wildman–Crippen MR) is 54.6 cm³/mol. The minimum atomic E-state index is -0.310. The van der Waals surface area contributed by atoms with E-state index in [1.807, 2.05) is 13.0 Å². The van der Waals surface area contributed by atoms with Gasteiger partial charge in [0.1, 0.15) is 0 Å². The van der Waals surface area contributed by atoms with Gasteiger partial charge in [-0.05, 0) is 19.1 Å². The van der Waals surface area contributed by atoms with Gasteiger partial charge in [0.2, 0.25) is 0 Å². The lowest BCUT2D eigenvalue weighted by molar-refractivity contribution is -0.114. The van der Waals surface area contributed by atoms with Crippen LogP contribution in [0.25, 0.3) is 0 Å². The topological polar surface area (TPSA) is 38.3 Å². The quantitative estimate of drug-likeness (QED) is 0.764. The summed E-state index contributed by atoms with van der Waals surface area (Å²) in [5.74, 6) is 0.0445. The summed E-state index contributed by atoms with van der Waals surface area (Å²) in [5, 5.41) is 3.39. The van der Waals surface area contributed by atoms with E-state index in [9.17, 15) is 4.79 Å². The van der Waals surface area contributed by atoms with Gasteiger partial charge in [-0.2, -0.15) is 0 Å². The molecule has 0 aromatic carbocycles. The number of Topliss-reactive ketones (excluding diaryl/α,β-unsaturated/α-hetero) is 1. The van der Waals surface area contributed by atoms with Crippen molar-refractivity contribution in [3.63, 3.8) is 0 Å². The van der Waals surface area contributed by atoms with Gasteiger partial charge in [0.25, 0.3) is 0 Å². The van der Waals surface area contributed by atoms with Gasteiger partial charge in [-0.3, -0.25) is 4.79 Å². The molecular weight excluding hydrogens is 234 g/mol. The molecule has 1 unspecified atom stereocenters. The molecule has 0 spiro atoms. The molecule has 1 rings (SSSR count). The van der Waals surface area contributed by atoms with Gasteiger partial charge < -0.3 is 10.1 Å². The standard InChI is InChI=1S/C9H12BrNO2/c1-6-3-4-7(8(12)5-10)9(11-6)13-2/h3-4,9,11H,5H2,1-2H3. The molecule has 0 aromatic heterocycles. The number of methoxy groups -OCH3 is 1. The molecule has 4 heteroatoms. The van der Waals surface area contributed by atoms with Crippen LogP contribution in [0.3, 0.4) is 0 Å². The third kappa shape index (κ3) is 2.42. The zero-order valence-corrected chi connectivity index (χ0v) is 9.22.